The number of hydrogen-bond acceptors (Lipinski definition) is 2. The van der Waals surface area contributed by atoms with Crippen LogP contribution in [-0.4, -0.2) is 24.6 Å². The Kier molecular flexibility index (Phi) is 6.78. The highest BCUT2D eigenvalue weighted by Gasteiger charge is 2.10. The van der Waals surface area contributed by atoms with Crippen LogP contribution in [0, 0.1) is 6.92 Å². The number of rotatable bonds is 7. The monoisotopic (exact) mass is 300 g/mol. The second kappa shape index (κ2) is 7.85. The third-order valence-electron chi connectivity index (χ3n) is 2.41. The smallest absolute Gasteiger partial charge is 0.0922 e. The van der Waals surface area contributed by atoms with Gasteiger partial charge in [0, 0.05) is 5.33 Å². The lowest BCUT2D eigenvalue weighted by atomic mass is 10.1. The van der Waals surface area contributed by atoms with Gasteiger partial charge in [0.05, 0.1) is 25.4 Å². The minimum atomic E-state index is 0.102. The van der Waals surface area contributed by atoms with Gasteiger partial charge in [-0.15, -0.1) is 0 Å². The molecular formula is C14H21BrO2. The van der Waals surface area contributed by atoms with Gasteiger partial charge in [0.1, 0.15) is 0 Å². The first-order valence-corrected chi connectivity index (χ1v) is 7.11. The zero-order valence-electron chi connectivity index (χ0n) is 10.8. The van der Waals surface area contributed by atoms with Crippen LogP contribution in [0.3, 0.4) is 0 Å². The predicted molar refractivity (Wildman–Crippen MR) is 74.8 cm³/mol. The van der Waals surface area contributed by atoms with Crippen LogP contribution in [0.15, 0.2) is 24.3 Å². The van der Waals surface area contributed by atoms with Crippen molar-refractivity contribution in [2.75, 3.05) is 18.5 Å². The van der Waals surface area contributed by atoms with Crippen LogP contribution in [0.5, 0.6) is 0 Å². The third-order valence-corrected chi connectivity index (χ3v) is 3.00. The van der Waals surface area contributed by atoms with Crippen LogP contribution in [0.4, 0.5) is 0 Å². The predicted octanol–water partition coefficient (Wildman–Crippen LogP) is 3.87. The third kappa shape index (κ3) is 5.66. The van der Waals surface area contributed by atoms with E-state index in [0.717, 1.165) is 5.33 Å². The highest BCUT2D eigenvalue weighted by molar-refractivity contribution is 9.09. The molecule has 0 aromatic heterocycles. The second-order valence-corrected chi connectivity index (χ2v) is 4.99. The van der Waals surface area contributed by atoms with Gasteiger partial charge >= 0.3 is 0 Å². The Labute approximate surface area is 112 Å². The van der Waals surface area contributed by atoms with E-state index in [4.69, 9.17) is 9.47 Å². The van der Waals surface area contributed by atoms with Crippen molar-refractivity contribution in [3.8, 4) is 0 Å². The largest absolute Gasteiger partial charge is 0.376 e. The summed E-state index contributed by atoms with van der Waals surface area (Å²) in [4.78, 5) is 0. The van der Waals surface area contributed by atoms with Crippen LogP contribution < -0.4 is 0 Å². The van der Waals surface area contributed by atoms with Gasteiger partial charge in [-0.05, 0) is 26.3 Å². The van der Waals surface area contributed by atoms with Crippen LogP contribution in [0.1, 0.15) is 31.1 Å². The fourth-order valence-corrected chi connectivity index (χ4v) is 2.14. The normalized spacial score (nSPS) is 13.0. The lowest BCUT2D eigenvalue weighted by molar-refractivity contribution is -0.00554. The maximum absolute atomic E-state index is 5.81. The Bertz CT molecular complexity index is 326. The van der Waals surface area contributed by atoms with Crippen LogP contribution in [0.2, 0.25) is 0 Å². The van der Waals surface area contributed by atoms with Crippen molar-refractivity contribution >= 4 is 15.9 Å². The van der Waals surface area contributed by atoms with E-state index in [1.165, 1.54) is 11.1 Å². The first-order chi connectivity index (χ1) is 8.13. The van der Waals surface area contributed by atoms with Gasteiger partial charge < -0.3 is 9.47 Å². The van der Waals surface area contributed by atoms with E-state index >= 15 is 0 Å². The van der Waals surface area contributed by atoms with E-state index in [1.54, 1.807) is 0 Å². The molecule has 0 saturated heterocycles. The van der Waals surface area contributed by atoms with E-state index in [-0.39, 0.29) is 12.2 Å². The summed E-state index contributed by atoms with van der Waals surface area (Å²) >= 11 is 3.49. The fraction of sp³-hybridized carbons (Fsp3) is 0.571. The maximum Gasteiger partial charge on any atom is 0.0922 e. The number of halogens is 1. The van der Waals surface area contributed by atoms with Crippen molar-refractivity contribution in [2.24, 2.45) is 0 Å². The van der Waals surface area contributed by atoms with Gasteiger partial charge in [0.2, 0.25) is 0 Å². The van der Waals surface area contributed by atoms with E-state index in [2.05, 4.69) is 47.1 Å². The van der Waals surface area contributed by atoms with Crippen LogP contribution in [0.25, 0.3) is 0 Å². The van der Waals surface area contributed by atoms with E-state index in [0.29, 0.717) is 13.2 Å². The second-order valence-electron chi connectivity index (χ2n) is 4.35. The summed E-state index contributed by atoms with van der Waals surface area (Å²) in [5.41, 5.74) is 2.47. The van der Waals surface area contributed by atoms with Gasteiger partial charge in [-0.2, -0.15) is 0 Å². The van der Waals surface area contributed by atoms with Crippen molar-refractivity contribution in [2.45, 2.75) is 33.0 Å². The Morgan fingerprint density at radius 2 is 1.88 bits per heavy atom. The maximum atomic E-state index is 5.81. The molecule has 0 aliphatic rings. The van der Waals surface area contributed by atoms with Gasteiger partial charge in [0.25, 0.3) is 0 Å². The molecule has 1 rings (SSSR count). The van der Waals surface area contributed by atoms with Crippen molar-refractivity contribution in [3.63, 3.8) is 0 Å². The van der Waals surface area contributed by atoms with E-state index in [1.807, 2.05) is 13.8 Å². The Morgan fingerprint density at radius 1 is 1.18 bits per heavy atom. The summed E-state index contributed by atoms with van der Waals surface area (Å²) < 4.78 is 11.3. The topological polar surface area (TPSA) is 18.5 Å². The molecule has 0 saturated carbocycles. The van der Waals surface area contributed by atoms with E-state index < -0.39 is 0 Å². The molecule has 0 fully saturated rings. The van der Waals surface area contributed by atoms with Gasteiger partial charge in [-0.1, -0.05) is 45.8 Å². The van der Waals surface area contributed by atoms with E-state index in [9.17, 15) is 0 Å². The number of ether oxygens (including phenoxy) is 2. The molecule has 0 spiro atoms. The Balaban J connectivity index is 2.43. The molecule has 1 unspecified atom stereocenters. The molecule has 0 aliphatic carbocycles. The summed E-state index contributed by atoms with van der Waals surface area (Å²) in [6.07, 6.45) is 0.366. The highest BCUT2D eigenvalue weighted by Crippen LogP contribution is 2.20. The SMILES string of the molecule is Cc1cccc(C(CBr)OCCOC(C)C)c1. The van der Waals surface area contributed by atoms with Crippen molar-refractivity contribution in [1.29, 1.82) is 0 Å². The molecule has 1 aromatic carbocycles. The molecule has 0 amide bonds. The molecule has 0 heterocycles. The van der Waals surface area contributed by atoms with Crippen molar-refractivity contribution < 1.29 is 9.47 Å². The van der Waals surface area contributed by atoms with Crippen molar-refractivity contribution in [3.05, 3.63) is 35.4 Å². The standard InChI is InChI=1S/C14H21BrO2/c1-11(2)16-7-8-17-14(10-15)13-6-4-5-12(3)9-13/h4-6,9,11,14H,7-8,10H2,1-3H3. The number of aryl methyl sites for hydroxylation is 1. The molecule has 0 N–H and O–H groups in total. The molecule has 0 radical (unpaired) electrons. The summed E-state index contributed by atoms with van der Waals surface area (Å²) in [5, 5.41) is 0.804. The molecule has 2 nitrogen and oxygen atoms in total. The first kappa shape index (κ1) is 14.7. The number of hydrogen-bond donors (Lipinski definition) is 0. The van der Waals surface area contributed by atoms with Gasteiger partial charge in [0.15, 0.2) is 0 Å². The molecule has 0 bridgehead atoms. The lowest BCUT2D eigenvalue weighted by Crippen LogP contribution is -2.13. The Hall–Kier alpha value is -0.380. The molecular weight excluding hydrogens is 280 g/mol. The minimum absolute atomic E-state index is 0.102. The zero-order valence-corrected chi connectivity index (χ0v) is 12.4. The Morgan fingerprint density at radius 3 is 2.47 bits per heavy atom. The molecule has 17 heavy (non-hydrogen) atoms. The molecule has 1 aromatic rings. The van der Waals surface area contributed by atoms with Gasteiger partial charge in [-0.25, -0.2) is 0 Å². The summed E-state index contributed by atoms with van der Waals surface area (Å²) in [6.45, 7) is 7.43. The molecule has 0 aliphatic heterocycles. The quantitative estimate of drug-likeness (QED) is 0.562. The number of alkyl halides is 1. The molecule has 96 valence electrons. The average molecular weight is 301 g/mol. The number of benzene rings is 1. The van der Waals surface area contributed by atoms with Crippen LogP contribution >= 0.6 is 15.9 Å². The van der Waals surface area contributed by atoms with Crippen LogP contribution in [-0.2, 0) is 9.47 Å². The summed E-state index contributed by atoms with van der Waals surface area (Å²) in [7, 11) is 0. The zero-order chi connectivity index (χ0) is 12.7. The van der Waals surface area contributed by atoms with Gasteiger partial charge in [-0.3, -0.25) is 0 Å². The van der Waals surface area contributed by atoms with Crippen molar-refractivity contribution in [1.82, 2.24) is 0 Å². The average Bonchev–Trinajstić information content (AvgIpc) is 2.29. The molecule has 3 heteroatoms. The fourth-order valence-electron chi connectivity index (χ4n) is 1.57. The molecule has 1 atom stereocenters. The summed E-state index contributed by atoms with van der Waals surface area (Å²) in [6, 6.07) is 8.42. The minimum Gasteiger partial charge on any atom is -0.376 e. The highest BCUT2D eigenvalue weighted by atomic mass is 79.9. The summed E-state index contributed by atoms with van der Waals surface area (Å²) in [5.74, 6) is 0. The lowest BCUT2D eigenvalue weighted by Gasteiger charge is -2.17. The first-order valence-electron chi connectivity index (χ1n) is 5.99.